The van der Waals surface area contributed by atoms with Crippen molar-refractivity contribution < 1.29 is 14.3 Å². The Labute approximate surface area is 159 Å². The number of hydrogen-bond donors (Lipinski definition) is 3. The van der Waals surface area contributed by atoms with E-state index in [4.69, 9.17) is 15.9 Å². The molecule has 2 amide bonds. The van der Waals surface area contributed by atoms with Crippen molar-refractivity contribution in [2.24, 2.45) is 5.73 Å². The van der Waals surface area contributed by atoms with Gasteiger partial charge in [0.1, 0.15) is 11.4 Å². The number of nitrogen functional groups attached to an aromatic ring is 1. The van der Waals surface area contributed by atoms with Crippen LogP contribution in [-0.2, 0) is 9.53 Å². The van der Waals surface area contributed by atoms with Crippen LogP contribution in [0.3, 0.4) is 0 Å². The van der Waals surface area contributed by atoms with E-state index in [0.29, 0.717) is 17.1 Å². The first kappa shape index (κ1) is 22.0. The van der Waals surface area contributed by atoms with Crippen LogP contribution >= 0.6 is 11.3 Å². The van der Waals surface area contributed by atoms with Crippen LogP contribution in [0, 0.1) is 5.41 Å². The lowest BCUT2D eigenvalue weighted by atomic mass is 10.1. The van der Waals surface area contributed by atoms with Crippen LogP contribution in [0.4, 0.5) is 9.80 Å². The van der Waals surface area contributed by atoms with Gasteiger partial charge in [-0.15, -0.1) is 11.3 Å². The zero-order valence-corrected chi connectivity index (χ0v) is 17.0. The molecule has 2 rings (SSSR count). The van der Waals surface area contributed by atoms with Crippen molar-refractivity contribution in [2.45, 2.75) is 65.5 Å². The van der Waals surface area contributed by atoms with E-state index in [-0.39, 0.29) is 30.3 Å². The molecule has 0 aromatic carbocycles. The summed E-state index contributed by atoms with van der Waals surface area (Å²) in [6, 6.07) is 1.53. The fraction of sp³-hybridized carbons (Fsp3) is 0.611. The predicted molar refractivity (Wildman–Crippen MR) is 106 cm³/mol. The van der Waals surface area contributed by atoms with Gasteiger partial charge in [0.2, 0.25) is 5.91 Å². The summed E-state index contributed by atoms with van der Waals surface area (Å²) in [4.78, 5) is 26.1. The van der Waals surface area contributed by atoms with Gasteiger partial charge in [-0.25, -0.2) is 4.79 Å². The van der Waals surface area contributed by atoms with Gasteiger partial charge in [-0.2, -0.15) is 0 Å². The molecule has 0 spiro atoms. The Bertz CT molecular complexity index is 637. The lowest BCUT2D eigenvalue weighted by Gasteiger charge is -2.28. The minimum atomic E-state index is -0.549. The smallest absolute Gasteiger partial charge is 0.410 e. The van der Waals surface area contributed by atoms with Gasteiger partial charge in [0.05, 0.1) is 5.00 Å². The van der Waals surface area contributed by atoms with E-state index in [1.165, 1.54) is 11.3 Å². The molecule has 1 aromatic heterocycles. The minimum Gasteiger partial charge on any atom is -0.444 e. The van der Waals surface area contributed by atoms with Crippen LogP contribution in [-0.4, -0.2) is 40.9 Å². The summed E-state index contributed by atoms with van der Waals surface area (Å²) in [5, 5.41) is 12.5. The van der Waals surface area contributed by atoms with E-state index in [1.54, 1.807) is 16.3 Å². The highest BCUT2D eigenvalue weighted by molar-refractivity contribution is 7.14. The zero-order valence-electron chi connectivity index (χ0n) is 16.2. The standard InChI is InChI=1S/C16H24N4O3S.C2H6/c1-16(2,3)23-15(22)20-6-4-5-11(20)8-12(21)19-13-7-10(9-24-13)14(17)18;1-2/h7,9,11H,4-6,8H2,1-3H3,(H3,17,18)(H,19,21);1-2H3. The largest absolute Gasteiger partial charge is 0.444 e. The van der Waals surface area contributed by atoms with E-state index in [0.717, 1.165) is 12.8 Å². The molecule has 0 saturated carbocycles. The van der Waals surface area contributed by atoms with Crippen LogP contribution in [0.25, 0.3) is 0 Å². The Balaban J connectivity index is 0.00000163. The molecule has 0 radical (unpaired) electrons. The Morgan fingerprint density at radius 3 is 2.62 bits per heavy atom. The van der Waals surface area contributed by atoms with Gasteiger partial charge in [0.15, 0.2) is 0 Å². The van der Waals surface area contributed by atoms with Crippen LogP contribution in [0.2, 0.25) is 0 Å². The zero-order chi connectivity index (χ0) is 19.9. The first-order chi connectivity index (χ1) is 12.2. The molecule has 1 atom stereocenters. The van der Waals surface area contributed by atoms with Gasteiger partial charge in [-0.3, -0.25) is 10.2 Å². The number of hydrogen-bond acceptors (Lipinski definition) is 5. The molecule has 4 N–H and O–H groups in total. The average Bonchev–Trinajstić information content (AvgIpc) is 3.17. The van der Waals surface area contributed by atoms with Crippen molar-refractivity contribution in [3.63, 3.8) is 0 Å². The number of thiophene rings is 1. The van der Waals surface area contributed by atoms with Crippen LogP contribution in [0.5, 0.6) is 0 Å². The second-order valence-corrected chi connectivity index (χ2v) is 7.75. The van der Waals surface area contributed by atoms with E-state index in [1.807, 2.05) is 34.6 Å². The Hall–Kier alpha value is -2.09. The SMILES string of the molecule is CC.CC(C)(C)OC(=O)N1CCCC1CC(=O)Nc1cc(C(=N)N)cs1. The number of nitrogens with zero attached hydrogens (tertiary/aromatic N) is 1. The van der Waals surface area contributed by atoms with Gasteiger partial charge >= 0.3 is 6.09 Å². The number of amidine groups is 1. The monoisotopic (exact) mass is 382 g/mol. The topological polar surface area (TPSA) is 109 Å². The van der Waals surface area contributed by atoms with Crippen molar-refractivity contribution in [1.82, 2.24) is 4.90 Å². The van der Waals surface area contributed by atoms with Crippen LogP contribution in [0.1, 0.15) is 59.4 Å². The van der Waals surface area contributed by atoms with Crippen molar-refractivity contribution >= 4 is 34.2 Å². The van der Waals surface area contributed by atoms with Crippen LogP contribution < -0.4 is 11.1 Å². The van der Waals surface area contributed by atoms with Crippen molar-refractivity contribution in [1.29, 1.82) is 5.41 Å². The molecular weight excluding hydrogens is 352 g/mol. The number of nitrogens with one attached hydrogen (secondary N) is 2. The molecule has 1 aliphatic heterocycles. The summed E-state index contributed by atoms with van der Waals surface area (Å²) >= 11 is 1.32. The van der Waals surface area contributed by atoms with Crippen molar-refractivity contribution in [3.8, 4) is 0 Å². The predicted octanol–water partition coefficient (Wildman–Crippen LogP) is 3.79. The maximum Gasteiger partial charge on any atom is 0.410 e. The second kappa shape index (κ2) is 9.56. The number of carbonyl (C=O) groups excluding carboxylic acids is 2. The number of anilines is 1. The maximum atomic E-state index is 12.2. The molecule has 1 fully saturated rings. The Morgan fingerprint density at radius 1 is 1.42 bits per heavy atom. The van der Waals surface area contributed by atoms with Gasteiger partial charge < -0.3 is 20.7 Å². The molecule has 0 bridgehead atoms. The number of carbonyl (C=O) groups is 2. The summed E-state index contributed by atoms with van der Waals surface area (Å²) in [6.07, 6.45) is 1.51. The fourth-order valence-corrected chi connectivity index (χ4v) is 3.37. The molecule has 7 nitrogen and oxygen atoms in total. The number of amides is 2. The van der Waals surface area contributed by atoms with E-state index < -0.39 is 5.60 Å². The van der Waals surface area contributed by atoms with E-state index in [9.17, 15) is 9.59 Å². The number of ether oxygens (including phenoxy) is 1. The van der Waals surface area contributed by atoms with Gasteiger partial charge in [-0.05, 0) is 39.7 Å². The Kier molecular flexibility index (Phi) is 8.08. The lowest BCUT2D eigenvalue weighted by molar-refractivity contribution is -0.117. The first-order valence-electron chi connectivity index (χ1n) is 8.88. The van der Waals surface area contributed by atoms with Crippen LogP contribution in [0.15, 0.2) is 11.4 Å². The molecule has 1 saturated heterocycles. The van der Waals surface area contributed by atoms with Crippen molar-refractivity contribution in [3.05, 3.63) is 17.0 Å². The first-order valence-corrected chi connectivity index (χ1v) is 9.76. The fourth-order valence-electron chi connectivity index (χ4n) is 2.55. The Morgan fingerprint density at radius 2 is 2.08 bits per heavy atom. The number of nitrogens with two attached hydrogens (primary N) is 1. The lowest BCUT2D eigenvalue weighted by Crippen LogP contribution is -2.41. The van der Waals surface area contributed by atoms with Gasteiger partial charge in [-0.1, -0.05) is 13.8 Å². The molecule has 1 aliphatic rings. The summed E-state index contributed by atoms with van der Waals surface area (Å²) in [5.74, 6) is -0.189. The molecule has 26 heavy (non-hydrogen) atoms. The van der Waals surface area contributed by atoms with Gasteiger partial charge in [0.25, 0.3) is 0 Å². The average molecular weight is 383 g/mol. The third-order valence-corrected chi connectivity index (χ3v) is 4.44. The summed E-state index contributed by atoms with van der Waals surface area (Å²) in [5.41, 5.74) is 5.45. The quantitative estimate of drug-likeness (QED) is 0.544. The normalized spacial score (nSPS) is 16.5. The highest BCUT2D eigenvalue weighted by atomic mass is 32.1. The maximum absolute atomic E-state index is 12.2. The highest BCUT2D eigenvalue weighted by Gasteiger charge is 2.33. The highest BCUT2D eigenvalue weighted by Crippen LogP contribution is 2.25. The van der Waals surface area contributed by atoms with E-state index in [2.05, 4.69) is 5.32 Å². The summed E-state index contributed by atoms with van der Waals surface area (Å²) in [6.45, 7) is 10.1. The number of likely N-dealkylation sites (tertiary alicyclic amines) is 1. The third kappa shape index (κ3) is 6.67. The molecule has 8 heteroatoms. The molecular formula is C18H30N4O3S. The molecule has 1 aromatic rings. The minimum absolute atomic E-state index is 0.0290. The third-order valence-electron chi connectivity index (χ3n) is 3.60. The summed E-state index contributed by atoms with van der Waals surface area (Å²) < 4.78 is 5.40. The summed E-state index contributed by atoms with van der Waals surface area (Å²) in [7, 11) is 0. The number of rotatable bonds is 4. The molecule has 0 aliphatic carbocycles. The molecule has 2 heterocycles. The van der Waals surface area contributed by atoms with E-state index >= 15 is 0 Å². The second-order valence-electron chi connectivity index (χ2n) is 6.84. The molecule has 1 unspecified atom stereocenters. The van der Waals surface area contributed by atoms with Gasteiger partial charge in [0, 0.05) is 30.0 Å². The van der Waals surface area contributed by atoms with Crippen molar-refractivity contribution in [2.75, 3.05) is 11.9 Å². The molecule has 146 valence electrons.